The van der Waals surface area contributed by atoms with Crippen LogP contribution >= 0.6 is 11.8 Å². The number of fused-ring (bicyclic) bond motifs is 2. The van der Waals surface area contributed by atoms with E-state index in [0.29, 0.717) is 11.4 Å². The minimum atomic E-state index is -1.18. The van der Waals surface area contributed by atoms with E-state index in [2.05, 4.69) is 5.32 Å². The Morgan fingerprint density at radius 2 is 1.82 bits per heavy atom. The number of carbonyl (C=O) groups excluding carboxylic acids is 3. The molecule has 0 unspecified atom stereocenters. The van der Waals surface area contributed by atoms with Crippen LogP contribution in [0.25, 0.3) is 0 Å². The maximum Gasteiger partial charge on any atom is 0.269 e. The first kappa shape index (κ1) is 22.0. The minimum absolute atomic E-state index is 0.0381. The van der Waals surface area contributed by atoms with Crippen molar-refractivity contribution in [3.8, 4) is 0 Å². The van der Waals surface area contributed by atoms with Gasteiger partial charge < -0.3 is 5.32 Å². The molecule has 0 bridgehead atoms. The summed E-state index contributed by atoms with van der Waals surface area (Å²) in [6.07, 6.45) is 5.45. The van der Waals surface area contributed by atoms with Gasteiger partial charge in [-0.25, -0.2) is 0 Å². The van der Waals surface area contributed by atoms with Crippen molar-refractivity contribution in [3.63, 3.8) is 0 Å². The molecular weight excluding hydrogens is 434 g/mol. The van der Waals surface area contributed by atoms with E-state index in [0.717, 1.165) is 42.4 Å². The molecule has 2 aromatic carbocycles. The molecule has 0 radical (unpaired) electrons. The maximum atomic E-state index is 14.0. The second kappa shape index (κ2) is 8.52. The summed E-state index contributed by atoms with van der Waals surface area (Å²) in [6, 6.07) is 13.6. The van der Waals surface area contributed by atoms with Crippen molar-refractivity contribution in [2.75, 3.05) is 22.1 Å². The largest absolute Gasteiger partial charge is 0.352 e. The number of para-hydroxylation sites is 1. The Kier molecular flexibility index (Phi) is 5.69. The predicted octanol–water partition coefficient (Wildman–Crippen LogP) is 4.03. The quantitative estimate of drug-likeness (QED) is 0.743. The van der Waals surface area contributed by atoms with Crippen LogP contribution < -0.4 is 15.1 Å². The number of anilines is 2. The fraction of sp³-hybridized carbons (Fsp3) is 0.423. The van der Waals surface area contributed by atoms with Crippen LogP contribution in [-0.2, 0) is 19.3 Å². The van der Waals surface area contributed by atoms with E-state index in [-0.39, 0.29) is 36.1 Å². The van der Waals surface area contributed by atoms with E-state index in [1.54, 1.807) is 9.80 Å². The summed E-state index contributed by atoms with van der Waals surface area (Å²) >= 11 is 1.34. The lowest BCUT2D eigenvalue weighted by molar-refractivity contribution is -0.126. The van der Waals surface area contributed by atoms with Gasteiger partial charge in [0.25, 0.3) is 5.91 Å². The molecule has 1 saturated carbocycles. The van der Waals surface area contributed by atoms with Crippen LogP contribution in [0.3, 0.4) is 0 Å². The average Bonchev–Trinajstić information content (AvgIpc) is 3.27. The summed E-state index contributed by atoms with van der Waals surface area (Å²) in [5, 5.41) is 3.12. The Labute approximate surface area is 198 Å². The van der Waals surface area contributed by atoms with Crippen LogP contribution in [0.5, 0.6) is 0 Å². The first-order chi connectivity index (χ1) is 15.9. The van der Waals surface area contributed by atoms with Crippen LogP contribution in [0, 0.1) is 13.8 Å². The van der Waals surface area contributed by atoms with Crippen molar-refractivity contribution in [1.82, 2.24) is 5.32 Å². The lowest BCUT2D eigenvalue weighted by atomic mass is 9.95. The van der Waals surface area contributed by atoms with E-state index in [1.807, 2.05) is 56.3 Å². The highest BCUT2D eigenvalue weighted by atomic mass is 32.2. The molecule has 2 aliphatic heterocycles. The zero-order chi connectivity index (χ0) is 23.2. The predicted molar refractivity (Wildman–Crippen MR) is 131 cm³/mol. The molecule has 2 aromatic rings. The van der Waals surface area contributed by atoms with Gasteiger partial charge in [0.1, 0.15) is 6.54 Å². The molecule has 1 spiro atoms. The third-order valence-corrected chi connectivity index (χ3v) is 8.47. The number of benzene rings is 2. The Balaban J connectivity index is 1.50. The van der Waals surface area contributed by atoms with Gasteiger partial charge in [-0.1, -0.05) is 43.5 Å². The van der Waals surface area contributed by atoms with Crippen LogP contribution in [0.2, 0.25) is 0 Å². The third kappa shape index (κ3) is 3.62. The topological polar surface area (TPSA) is 69.7 Å². The monoisotopic (exact) mass is 463 g/mol. The second-order valence-electron chi connectivity index (χ2n) is 9.24. The first-order valence-electron chi connectivity index (χ1n) is 11.7. The van der Waals surface area contributed by atoms with Crippen LogP contribution in [0.1, 0.15) is 48.8 Å². The van der Waals surface area contributed by atoms with E-state index in [1.165, 1.54) is 18.2 Å². The number of hydrogen-bond acceptors (Lipinski definition) is 4. The maximum absolute atomic E-state index is 14.0. The zero-order valence-electron chi connectivity index (χ0n) is 19.1. The van der Waals surface area contributed by atoms with Gasteiger partial charge in [0, 0.05) is 17.3 Å². The molecule has 6 nitrogen and oxygen atoms in total. The number of aryl methyl sites for hydroxylation is 2. The van der Waals surface area contributed by atoms with Crippen molar-refractivity contribution in [3.05, 3.63) is 59.2 Å². The van der Waals surface area contributed by atoms with Crippen LogP contribution in [0.15, 0.2) is 42.5 Å². The normalized spacial score (nSPS) is 22.8. The molecule has 2 fully saturated rings. The van der Waals surface area contributed by atoms with Crippen molar-refractivity contribution in [1.29, 1.82) is 0 Å². The molecular formula is C26H29N3O3S. The summed E-state index contributed by atoms with van der Waals surface area (Å²) in [5.74, 6) is -0.250. The lowest BCUT2D eigenvalue weighted by Gasteiger charge is -2.33. The molecule has 2 heterocycles. The average molecular weight is 464 g/mol. The molecule has 0 aromatic heterocycles. The summed E-state index contributed by atoms with van der Waals surface area (Å²) in [5.41, 5.74) is 4.39. The number of rotatable bonds is 4. The summed E-state index contributed by atoms with van der Waals surface area (Å²) < 4.78 is 0. The van der Waals surface area contributed by atoms with Gasteiger partial charge in [-0.2, -0.15) is 0 Å². The number of nitrogens with one attached hydrogen (secondary N) is 1. The van der Waals surface area contributed by atoms with E-state index in [9.17, 15) is 14.4 Å². The highest BCUT2D eigenvalue weighted by Crippen LogP contribution is 2.55. The van der Waals surface area contributed by atoms with Crippen molar-refractivity contribution in [2.24, 2.45) is 0 Å². The third-order valence-electron chi connectivity index (χ3n) is 7.08. The number of thioether (sulfide) groups is 1. The highest BCUT2D eigenvalue weighted by Gasteiger charge is 2.61. The lowest BCUT2D eigenvalue weighted by Crippen LogP contribution is -2.52. The Bertz CT molecular complexity index is 1130. The first-order valence-corrected chi connectivity index (χ1v) is 12.7. The van der Waals surface area contributed by atoms with E-state index < -0.39 is 4.87 Å². The van der Waals surface area contributed by atoms with Gasteiger partial charge in [-0.05, 0) is 56.0 Å². The van der Waals surface area contributed by atoms with Crippen LogP contribution in [-0.4, -0.2) is 36.1 Å². The SMILES string of the molecule is Cc1ccc(N2C(=O)CS[C@]23C(=O)N(CC(=O)NC2CCCCC2)c2ccccc23)cc1C. The summed E-state index contributed by atoms with van der Waals surface area (Å²) in [7, 11) is 0. The van der Waals surface area contributed by atoms with Crippen molar-refractivity contribution in [2.45, 2.75) is 56.9 Å². The van der Waals surface area contributed by atoms with E-state index in [4.69, 9.17) is 0 Å². The van der Waals surface area contributed by atoms with Gasteiger partial charge in [-0.3, -0.25) is 24.2 Å². The molecule has 3 amide bonds. The van der Waals surface area contributed by atoms with Gasteiger partial charge >= 0.3 is 0 Å². The van der Waals surface area contributed by atoms with Gasteiger partial charge in [0.2, 0.25) is 16.7 Å². The number of hydrogen-bond donors (Lipinski definition) is 1. The second-order valence-corrected chi connectivity index (χ2v) is 10.4. The molecule has 1 aliphatic carbocycles. The molecule has 3 aliphatic rings. The highest BCUT2D eigenvalue weighted by molar-refractivity contribution is 8.02. The molecule has 5 rings (SSSR count). The number of carbonyl (C=O) groups is 3. The minimum Gasteiger partial charge on any atom is -0.352 e. The summed E-state index contributed by atoms with van der Waals surface area (Å²) in [6.45, 7) is 3.99. The van der Waals surface area contributed by atoms with Gasteiger partial charge in [-0.15, -0.1) is 11.8 Å². The Morgan fingerprint density at radius 1 is 1.06 bits per heavy atom. The van der Waals surface area contributed by atoms with Gasteiger partial charge in [0.05, 0.1) is 11.4 Å². The molecule has 33 heavy (non-hydrogen) atoms. The molecule has 1 N–H and O–H groups in total. The Morgan fingerprint density at radius 3 is 2.58 bits per heavy atom. The zero-order valence-corrected chi connectivity index (χ0v) is 19.9. The fourth-order valence-corrected chi connectivity index (χ4v) is 6.60. The Hall–Kier alpha value is -2.80. The van der Waals surface area contributed by atoms with Gasteiger partial charge in [0.15, 0.2) is 0 Å². The number of nitrogens with zero attached hydrogens (tertiary/aromatic N) is 2. The fourth-order valence-electron chi connectivity index (χ4n) is 5.24. The van der Waals surface area contributed by atoms with Crippen molar-refractivity contribution >= 4 is 40.9 Å². The molecule has 1 atom stereocenters. The summed E-state index contributed by atoms with van der Waals surface area (Å²) in [4.78, 5) is 42.1. The smallest absolute Gasteiger partial charge is 0.269 e. The molecule has 172 valence electrons. The number of amides is 3. The molecule has 1 saturated heterocycles. The molecule has 7 heteroatoms. The van der Waals surface area contributed by atoms with Crippen LogP contribution in [0.4, 0.5) is 11.4 Å². The standard InChI is InChI=1S/C26H29N3O3S/c1-17-12-13-20(14-18(17)2)29-24(31)16-33-26(29)21-10-6-7-11-22(21)28(25(26)32)15-23(30)27-19-8-4-3-5-9-19/h6-7,10-14,19H,3-5,8-9,15-16H2,1-2H3,(H,27,30)/t26-/m1/s1. The van der Waals surface area contributed by atoms with E-state index >= 15 is 0 Å². The van der Waals surface area contributed by atoms with Crippen molar-refractivity contribution < 1.29 is 14.4 Å².